The molecule has 0 unspecified atom stereocenters. The highest BCUT2D eigenvalue weighted by Crippen LogP contribution is 2.13. The lowest BCUT2D eigenvalue weighted by molar-refractivity contribution is 0.408. The van der Waals surface area contributed by atoms with Gasteiger partial charge in [0.1, 0.15) is 0 Å². The number of hydrogen-bond donors (Lipinski definition) is 1. The van der Waals surface area contributed by atoms with Crippen molar-refractivity contribution in [3.63, 3.8) is 0 Å². The van der Waals surface area contributed by atoms with E-state index < -0.39 is 0 Å². The van der Waals surface area contributed by atoms with Gasteiger partial charge in [0.25, 0.3) is 0 Å². The van der Waals surface area contributed by atoms with Gasteiger partial charge >= 0.3 is 0 Å². The van der Waals surface area contributed by atoms with Gasteiger partial charge in [0.2, 0.25) is 5.96 Å². The predicted molar refractivity (Wildman–Crippen MR) is 65.7 cm³/mol. The molecule has 1 N–H and O–H groups in total. The molecular weight excluding hydrogens is 200 g/mol. The fourth-order valence-corrected chi connectivity index (χ4v) is 1.67. The average molecular weight is 216 g/mol. The van der Waals surface area contributed by atoms with Crippen molar-refractivity contribution in [3.8, 4) is 0 Å². The van der Waals surface area contributed by atoms with Gasteiger partial charge < -0.3 is 4.90 Å². The second-order valence-electron chi connectivity index (χ2n) is 4.00. The highest BCUT2D eigenvalue weighted by Gasteiger charge is 2.19. The fraction of sp³-hybridized carbons (Fsp3) is 0.333. The van der Waals surface area contributed by atoms with Crippen LogP contribution in [0.15, 0.2) is 35.4 Å². The molecule has 84 valence electrons. The van der Waals surface area contributed by atoms with Gasteiger partial charge in [-0.15, -0.1) is 0 Å². The van der Waals surface area contributed by atoms with E-state index in [9.17, 15) is 0 Å². The number of rotatable bonds is 1. The maximum atomic E-state index is 7.84. The van der Waals surface area contributed by atoms with E-state index in [1.807, 2.05) is 32.3 Å². The van der Waals surface area contributed by atoms with Crippen molar-refractivity contribution in [1.82, 2.24) is 9.91 Å². The van der Waals surface area contributed by atoms with Crippen molar-refractivity contribution in [3.05, 3.63) is 35.9 Å². The molecule has 0 saturated carbocycles. The summed E-state index contributed by atoms with van der Waals surface area (Å²) in [5, 5.41) is 14.0. The molecule has 0 fully saturated rings. The van der Waals surface area contributed by atoms with Crippen LogP contribution in [0.3, 0.4) is 0 Å². The quantitative estimate of drug-likeness (QED) is 0.572. The Morgan fingerprint density at radius 2 is 2.00 bits per heavy atom. The van der Waals surface area contributed by atoms with Crippen molar-refractivity contribution >= 4 is 11.7 Å². The molecule has 1 aromatic carbocycles. The highest BCUT2D eigenvalue weighted by atomic mass is 15.5. The molecule has 4 nitrogen and oxygen atoms in total. The first-order chi connectivity index (χ1) is 7.68. The Labute approximate surface area is 95.7 Å². The number of hydrogen-bond acceptors (Lipinski definition) is 2. The summed E-state index contributed by atoms with van der Waals surface area (Å²) in [6.07, 6.45) is 0.903. The molecule has 0 spiro atoms. The largest absolute Gasteiger partial charge is 0.348 e. The molecular formula is C12H16N4. The highest BCUT2D eigenvalue weighted by molar-refractivity contribution is 6.02. The second kappa shape index (κ2) is 4.35. The minimum Gasteiger partial charge on any atom is -0.348 e. The van der Waals surface area contributed by atoms with Crippen LogP contribution in [0.2, 0.25) is 0 Å². The Balaban J connectivity index is 2.16. The standard InChI is InChI=1S/C12H16N4/c1-15(2)12(13)16-9-8-11(14-16)10-6-4-3-5-7-10/h3-7,13H,8-9H2,1-2H3. The molecule has 0 aliphatic carbocycles. The lowest BCUT2D eigenvalue weighted by Crippen LogP contribution is -2.34. The molecule has 2 rings (SSSR count). The molecule has 1 aliphatic heterocycles. The van der Waals surface area contributed by atoms with Crippen LogP contribution in [0.1, 0.15) is 12.0 Å². The van der Waals surface area contributed by atoms with Crippen molar-refractivity contribution < 1.29 is 0 Å². The van der Waals surface area contributed by atoms with Crippen LogP contribution >= 0.6 is 0 Å². The molecule has 1 aliphatic rings. The summed E-state index contributed by atoms with van der Waals surface area (Å²) < 4.78 is 0. The van der Waals surface area contributed by atoms with Crippen LogP contribution in [0, 0.1) is 5.41 Å². The topological polar surface area (TPSA) is 42.7 Å². The van der Waals surface area contributed by atoms with E-state index in [4.69, 9.17) is 5.41 Å². The van der Waals surface area contributed by atoms with Crippen LogP contribution in [0.5, 0.6) is 0 Å². The molecule has 0 radical (unpaired) electrons. The average Bonchev–Trinajstić information content (AvgIpc) is 2.78. The summed E-state index contributed by atoms with van der Waals surface area (Å²) in [4.78, 5) is 1.76. The maximum Gasteiger partial charge on any atom is 0.214 e. The smallest absolute Gasteiger partial charge is 0.214 e. The van der Waals surface area contributed by atoms with Gasteiger partial charge in [0, 0.05) is 20.5 Å². The molecule has 1 aromatic rings. The summed E-state index contributed by atoms with van der Waals surface area (Å²) in [5.74, 6) is 0.436. The van der Waals surface area contributed by atoms with E-state index in [1.165, 1.54) is 0 Å². The number of guanidine groups is 1. The summed E-state index contributed by atoms with van der Waals surface area (Å²) in [6, 6.07) is 10.1. The third-order valence-corrected chi connectivity index (χ3v) is 2.58. The van der Waals surface area contributed by atoms with Crippen LogP contribution in [-0.4, -0.2) is 42.2 Å². The monoisotopic (exact) mass is 216 g/mol. The zero-order chi connectivity index (χ0) is 11.5. The minimum atomic E-state index is 0.436. The number of hydrazone groups is 1. The van der Waals surface area contributed by atoms with Gasteiger partial charge in [-0.05, 0) is 5.56 Å². The Morgan fingerprint density at radius 1 is 1.31 bits per heavy atom. The fourth-order valence-electron chi connectivity index (χ4n) is 1.67. The third kappa shape index (κ3) is 2.05. The lowest BCUT2D eigenvalue weighted by atomic mass is 10.1. The zero-order valence-electron chi connectivity index (χ0n) is 9.64. The SMILES string of the molecule is CN(C)C(=N)N1CCC(c2ccccc2)=N1. The van der Waals surface area contributed by atoms with E-state index in [0.29, 0.717) is 5.96 Å². The number of benzene rings is 1. The summed E-state index contributed by atoms with van der Waals surface area (Å²) in [6.45, 7) is 0.793. The molecule has 4 heteroatoms. The zero-order valence-corrected chi connectivity index (χ0v) is 9.64. The van der Waals surface area contributed by atoms with E-state index in [2.05, 4.69) is 17.2 Å². The van der Waals surface area contributed by atoms with Gasteiger partial charge in [-0.3, -0.25) is 5.41 Å². The van der Waals surface area contributed by atoms with E-state index in [-0.39, 0.29) is 0 Å². The normalized spacial score (nSPS) is 14.9. The van der Waals surface area contributed by atoms with E-state index in [1.54, 1.807) is 9.91 Å². The van der Waals surface area contributed by atoms with Crippen LogP contribution in [0.4, 0.5) is 0 Å². The van der Waals surface area contributed by atoms with Gasteiger partial charge in [-0.25, -0.2) is 5.01 Å². The lowest BCUT2D eigenvalue weighted by Gasteiger charge is -2.20. The Bertz CT molecular complexity index is 408. The van der Waals surface area contributed by atoms with E-state index >= 15 is 0 Å². The number of nitrogens with zero attached hydrogens (tertiary/aromatic N) is 3. The molecule has 0 atom stereocenters. The minimum absolute atomic E-state index is 0.436. The summed E-state index contributed by atoms with van der Waals surface area (Å²) in [7, 11) is 3.72. The van der Waals surface area contributed by atoms with Gasteiger partial charge in [0.05, 0.1) is 12.3 Å². The molecule has 0 amide bonds. The van der Waals surface area contributed by atoms with Gasteiger partial charge in [-0.2, -0.15) is 5.10 Å². The summed E-state index contributed by atoms with van der Waals surface area (Å²) >= 11 is 0. The van der Waals surface area contributed by atoms with E-state index in [0.717, 1.165) is 24.2 Å². The third-order valence-electron chi connectivity index (χ3n) is 2.58. The Morgan fingerprint density at radius 3 is 2.62 bits per heavy atom. The first kappa shape index (κ1) is 10.7. The Hall–Kier alpha value is -1.84. The predicted octanol–water partition coefficient (Wildman–Crippen LogP) is 1.59. The van der Waals surface area contributed by atoms with Crippen molar-refractivity contribution in [1.29, 1.82) is 5.41 Å². The van der Waals surface area contributed by atoms with Crippen LogP contribution < -0.4 is 0 Å². The summed E-state index contributed by atoms with van der Waals surface area (Å²) in [5.41, 5.74) is 2.21. The molecule has 0 saturated heterocycles. The van der Waals surface area contributed by atoms with Gasteiger partial charge in [-0.1, -0.05) is 30.3 Å². The van der Waals surface area contributed by atoms with Crippen LogP contribution in [-0.2, 0) is 0 Å². The van der Waals surface area contributed by atoms with Gasteiger partial charge in [0.15, 0.2) is 0 Å². The Kier molecular flexibility index (Phi) is 2.90. The molecule has 16 heavy (non-hydrogen) atoms. The van der Waals surface area contributed by atoms with Crippen molar-refractivity contribution in [2.45, 2.75) is 6.42 Å². The number of nitrogens with one attached hydrogen (secondary N) is 1. The molecule has 0 aromatic heterocycles. The van der Waals surface area contributed by atoms with Crippen LogP contribution in [0.25, 0.3) is 0 Å². The second-order valence-corrected chi connectivity index (χ2v) is 4.00. The molecule has 1 heterocycles. The molecule has 0 bridgehead atoms. The maximum absolute atomic E-state index is 7.84. The first-order valence-electron chi connectivity index (χ1n) is 5.35. The first-order valence-corrected chi connectivity index (χ1v) is 5.35. The van der Waals surface area contributed by atoms with Crippen molar-refractivity contribution in [2.24, 2.45) is 5.10 Å². The van der Waals surface area contributed by atoms with Crippen molar-refractivity contribution in [2.75, 3.05) is 20.6 Å².